The van der Waals surface area contributed by atoms with E-state index in [2.05, 4.69) is 11.8 Å². The Kier molecular flexibility index (Phi) is 5.60. The van der Waals surface area contributed by atoms with Crippen molar-refractivity contribution in [1.82, 2.24) is 4.90 Å². The number of carbonyl (C=O) groups excluding carboxylic acids is 1. The molecule has 1 fully saturated rings. The zero-order valence-corrected chi connectivity index (χ0v) is 12.6. The quantitative estimate of drug-likeness (QED) is 0.744. The van der Waals surface area contributed by atoms with Crippen molar-refractivity contribution in [2.45, 2.75) is 45.6 Å². The van der Waals surface area contributed by atoms with Gasteiger partial charge >= 0.3 is 0 Å². The van der Waals surface area contributed by atoms with E-state index in [0.29, 0.717) is 6.42 Å². The van der Waals surface area contributed by atoms with Crippen molar-refractivity contribution in [2.75, 3.05) is 19.6 Å². The molecule has 0 saturated carbocycles. The molecule has 1 aromatic rings. The summed E-state index contributed by atoms with van der Waals surface area (Å²) in [5, 5.41) is 0. The largest absolute Gasteiger partial charge is 0.489 e. The maximum atomic E-state index is 11.6. The molecular weight excluding hydrogens is 250 g/mol. The Bertz CT molecular complexity index is 425. The van der Waals surface area contributed by atoms with E-state index in [9.17, 15) is 4.79 Å². The molecule has 1 aromatic carbocycles. The first-order valence-corrected chi connectivity index (χ1v) is 7.75. The average Bonchev–Trinajstić information content (AvgIpc) is 2.48. The molecule has 110 valence electrons. The standard InChI is InChI=1S/C17H25NO2/c1-3-11-18-12-5-6-16(13-18)20-15-9-7-14(8-10-15)17(19)4-2/h7-10,16H,3-6,11-13H2,1-2H3. The van der Waals surface area contributed by atoms with E-state index in [-0.39, 0.29) is 11.9 Å². The van der Waals surface area contributed by atoms with Crippen molar-refractivity contribution >= 4 is 5.78 Å². The average molecular weight is 275 g/mol. The highest BCUT2D eigenvalue weighted by Gasteiger charge is 2.20. The highest BCUT2D eigenvalue weighted by atomic mass is 16.5. The van der Waals surface area contributed by atoms with Gasteiger partial charge in [-0.05, 0) is 56.6 Å². The number of hydrogen-bond donors (Lipinski definition) is 0. The van der Waals surface area contributed by atoms with Crippen molar-refractivity contribution in [1.29, 1.82) is 0 Å². The molecule has 1 aliphatic rings. The highest BCUT2D eigenvalue weighted by molar-refractivity contribution is 5.95. The van der Waals surface area contributed by atoms with Crippen LogP contribution in [0.2, 0.25) is 0 Å². The van der Waals surface area contributed by atoms with Gasteiger partial charge in [0.2, 0.25) is 0 Å². The van der Waals surface area contributed by atoms with Gasteiger partial charge in [-0.1, -0.05) is 13.8 Å². The summed E-state index contributed by atoms with van der Waals surface area (Å²) < 4.78 is 6.05. The minimum Gasteiger partial charge on any atom is -0.489 e. The monoisotopic (exact) mass is 275 g/mol. The van der Waals surface area contributed by atoms with Gasteiger partial charge in [-0.15, -0.1) is 0 Å². The van der Waals surface area contributed by atoms with Crippen LogP contribution in [0.4, 0.5) is 0 Å². The molecular formula is C17H25NO2. The van der Waals surface area contributed by atoms with Gasteiger partial charge in [0, 0.05) is 18.5 Å². The fourth-order valence-electron chi connectivity index (χ4n) is 2.74. The number of carbonyl (C=O) groups is 1. The number of ether oxygens (including phenoxy) is 1. The van der Waals surface area contributed by atoms with Crippen molar-refractivity contribution in [3.05, 3.63) is 29.8 Å². The van der Waals surface area contributed by atoms with Crippen molar-refractivity contribution in [3.8, 4) is 5.75 Å². The smallest absolute Gasteiger partial charge is 0.162 e. The van der Waals surface area contributed by atoms with Crippen molar-refractivity contribution < 1.29 is 9.53 Å². The summed E-state index contributed by atoms with van der Waals surface area (Å²) in [7, 11) is 0. The van der Waals surface area contributed by atoms with Crippen LogP contribution in [-0.4, -0.2) is 36.4 Å². The van der Waals surface area contributed by atoms with Crippen LogP contribution < -0.4 is 4.74 Å². The Labute approximate surface area is 121 Å². The van der Waals surface area contributed by atoms with Crippen LogP contribution in [0.1, 0.15) is 49.9 Å². The van der Waals surface area contributed by atoms with Crippen LogP contribution in [0.5, 0.6) is 5.75 Å². The Balaban J connectivity index is 1.91. The van der Waals surface area contributed by atoms with Gasteiger partial charge < -0.3 is 4.74 Å². The third kappa shape index (κ3) is 4.07. The summed E-state index contributed by atoms with van der Waals surface area (Å²) in [4.78, 5) is 14.1. The predicted molar refractivity (Wildman–Crippen MR) is 81.4 cm³/mol. The van der Waals surface area contributed by atoms with E-state index in [4.69, 9.17) is 4.74 Å². The molecule has 1 saturated heterocycles. The molecule has 0 bridgehead atoms. The molecule has 0 amide bonds. The maximum absolute atomic E-state index is 11.6. The van der Waals surface area contributed by atoms with E-state index in [1.54, 1.807) is 0 Å². The van der Waals surface area contributed by atoms with E-state index in [0.717, 1.165) is 30.8 Å². The van der Waals surface area contributed by atoms with Gasteiger partial charge in [-0.3, -0.25) is 9.69 Å². The number of benzene rings is 1. The topological polar surface area (TPSA) is 29.5 Å². The first-order chi connectivity index (χ1) is 9.72. The number of piperidine rings is 1. The minimum atomic E-state index is 0.184. The fraction of sp³-hybridized carbons (Fsp3) is 0.588. The maximum Gasteiger partial charge on any atom is 0.162 e. The molecule has 0 aromatic heterocycles. The van der Waals surface area contributed by atoms with Gasteiger partial charge in [0.05, 0.1) is 0 Å². The van der Waals surface area contributed by atoms with Crippen LogP contribution in [0.25, 0.3) is 0 Å². The number of nitrogens with zero attached hydrogens (tertiary/aromatic N) is 1. The first-order valence-electron chi connectivity index (χ1n) is 7.75. The molecule has 20 heavy (non-hydrogen) atoms. The molecule has 1 atom stereocenters. The third-order valence-corrected chi connectivity index (χ3v) is 3.80. The number of ketones is 1. The van der Waals surface area contributed by atoms with Gasteiger partial charge in [0.25, 0.3) is 0 Å². The molecule has 0 radical (unpaired) electrons. The van der Waals surface area contributed by atoms with Crippen LogP contribution >= 0.6 is 0 Å². The van der Waals surface area contributed by atoms with Crippen molar-refractivity contribution in [3.63, 3.8) is 0 Å². The van der Waals surface area contributed by atoms with E-state index < -0.39 is 0 Å². The molecule has 1 unspecified atom stereocenters. The minimum absolute atomic E-state index is 0.184. The lowest BCUT2D eigenvalue weighted by Crippen LogP contribution is -2.41. The summed E-state index contributed by atoms with van der Waals surface area (Å²) >= 11 is 0. The van der Waals surface area contributed by atoms with Gasteiger partial charge in [0.1, 0.15) is 11.9 Å². The van der Waals surface area contributed by atoms with E-state index >= 15 is 0 Å². The van der Waals surface area contributed by atoms with Gasteiger partial charge in [-0.25, -0.2) is 0 Å². The number of likely N-dealkylation sites (tertiary alicyclic amines) is 1. The number of Topliss-reactive ketones (excluding diaryl/α,β-unsaturated/α-hetero) is 1. The normalized spacial score (nSPS) is 19.8. The Hall–Kier alpha value is -1.35. The molecule has 0 N–H and O–H groups in total. The third-order valence-electron chi connectivity index (χ3n) is 3.80. The molecule has 0 aliphatic carbocycles. The number of hydrogen-bond acceptors (Lipinski definition) is 3. The van der Waals surface area contributed by atoms with Crippen LogP contribution in [0.15, 0.2) is 24.3 Å². The second-order valence-corrected chi connectivity index (χ2v) is 5.48. The molecule has 1 heterocycles. The van der Waals surface area contributed by atoms with Crippen molar-refractivity contribution in [2.24, 2.45) is 0 Å². The van der Waals surface area contributed by atoms with Crippen LogP contribution in [0.3, 0.4) is 0 Å². The molecule has 0 spiro atoms. The zero-order valence-electron chi connectivity index (χ0n) is 12.6. The van der Waals surface area contributed by atoms with Crippen LogP contribution in [-0.2, 0) is 0 Å². The fourth-order valence-corrected chi connectivity index (χ4v) is 2.74. The predicted octanol–water partition coefficient (Wildman–Crippen LogP) is 3.53. The van der Waals surface area contributed by atoms with Gasteiger partial charge in [-0.2, -0.15) is 0 Å². The summed E-state index contributed by atoms with van der Waals surface area (Å²) in [5.41, 5.74) is 0.774. The summed E-state index contributed by atoms with van der Waals surface area (Å²) in [6, 6.07) is 7.57. The van der Waals surface area contributed by atoms with E-state index in [1.807, 2.05) is 31.2 Å². The lowest BCUT2D eigenvalue weighted by molar-refractivity contribution is 0.0886. The lowest BCUT2D eigenvalue weighted by Gasteiger charge is -2.32. The Morgan fingerprint density at radius 1 is 1.30 bits per heavy atom. The molecule has 1 aliphatic heterocycles. The summed E-state index contributed by atoms with van der Waals surface area (Å²) in [6.45, 7) is 7.47. The van der Waals surface area contributed by atoms with E-state index in [1.165, 1.54) is 19.4 Å². The molecule has 3 nitrogen and oxygen atoms in total. The first kappa shape index (κ1) is 15.0. The second-order valence-electron chi connectivity index (χ2n) is 5.48. The Morgan fingerprint density at radius 3 is 2.70 bits per heavy atom. The SMILES string of the molecule is CCCN1CCCC(Oc2ccc(C(=O)CC)cc2)C1. The zero-order chi connectivity index (χ0) is 14.4. The molecule has 3 heteroatoms. The lowest BCUT2D eigenvalue weighted by atomic mass is 10.1. The highest BCUT2D eigenvalue weighted by Crippen LogP contribution is 2.19. The summed E-state index contributed by atoms with van der Waals surface area (Å²) in [5.74, 6) is 1.06. The molecule has 2 rings (SSSR count). The number of rotatable bonds is 6. The second kappa shape index (κ2) is 7.44. The summed E-state index contributed by atoms with van der Waals surface area (Å²) in [6.07, 6.45) is 4.35. The Morgan fingerprint density at radius 2 is 2.05 bits per heavy atom. The van der Waals surface area contributed by atoms with Gasteiger partial charge in [0.15, 0.2) is 5.78 Å². The van der Waals surface area contributed by atoms with Crippen LogP contribution in [0, 0.1) is 0 Å².